The molecule has 0 fully saturated rings. The third kappa shape index (κ3) is 2.43. The highest BCUT2D eigenvalue weighted by Crippen LogP contribution is 2.09. The van der Waals surface area contributed by atoms with Crippen molar-refractivity contribution >= 4 is 28.3 Å². The Hall–Kier alpha value is -2.08. The van der Waals surface area contributed by atoms with E-state index in [0.29, 0.717) is 5.95 Å². The summed E-state index contributed by atoms with van der Waals surface area (Å²) in [7, 11) is 0. The maximum Gasteiger partial charge on any atom is 0.243 e. The van der Waals surface area contributed by atoms with Crippen LogP contribution in [0, 0.1) is 0 Å². The Morgan fingerprint density at radius 1 is 1.11 bits per heavy atom. The van der Waals surface area contributed by atoms with Gasteiger partial charge in [-0.1, -0.05) is 12.1 Å². The highest BCUT2D eigenvalue weighted by molar-refractivity contribution is 7.07. The SMILES string of the molecule is c1ccc2nc(NCCc3cscn3)nnc2c1. The van der Waals surface area contributed by atoms with Crippen LogP contribution in [0.15, 0.2) is 35.2 Å². The van der Waals surface area contributed by atoms with Crippen LogP contribution >= 0.6 is 11.3 Å². The molecule has 0 atom stereocenters. The maximum absolute atomic E-state index is 4.39. The van der Waals surface area contributed by atoms with Gasteiger partial charge in [-0.2, -0.15) is 0 Å². The molecule has 0 amide bonds. The molecule has 90 valence electrons. The zero-order valence-corrected chi connectivity index (χ0v) is 10.4. The summed E-state index contributed by atoms with van der Waals surface area (Å²) in [6.07, 6.45) is 0.861. The van der Waals surface area contributed by atoms with Crippen molar-refractivity contribution in [2.75, 3.05) is 11.9 Å². The number of anilines is 1. The number of para-hydroxylation sites is 1. The molecule has 0 bridgehead atoms. The molecule has 1 N–H and O–H groups in total. The van der Waals surface area contributed by atoms with Crippen LogP contribution in [-0.2, 0) is 6.42 Å². The Bertz CT molecular complexity index is 638. The summed E-state index contributed by atoms with van der Waals surface area (Å²) in [4.78, 5) is 8.61. The van der Waals surface area contributed by atoms with Gasteiger partial charge in [-0.3, -0.25) is 0 Å². The molecule has 0 unspecified atom stereocenters. The van der Waals surface area contributed by atoms with Crippen LogP contribution in [0.4, 0.5) is 5.95 Å². The number of thiazole rings is 1. The molecular weight excluding hydrogens is 246 g/mol. The summed E-state index contributed by atoms with van der Waals surface area (Å²) < 4.78 is 0. The fourth-order valence-corrected chi connectivity index (χ4v) is 2.21. The van der Waals surface area contributed by atoms with Crippen molar-refractivity contribution in [2.45, 2.75) is 6.42 Å². The quantitative estimate of drug-likeness (QED) is 0.775. The van der Waals surface area contributed by atoms with E-state index < -0.39 is 0 Å². The molecule has 2 heterocycles. The van der Waals surface area contributed by atoms with Crippen LogP contribution in [0.5, 0.6) is 0 Å². The average molecular weight is 257 g/mol. The van der Waals surface area contributed by atoms with Gasteiger partial charge in [0.25, 0.3) is 0 Å². The number of nitrogens with one attached hydrogen (secondary N) is 1. The standard InChI is InChI=1S/C12H11N5S/c1-2-4-11-10(3-1)15-12(17-16-11)13-6-5-9-7-18-8-14-9/h1-4,7-8H,5-6H2,(H,13,15,17). The minimum atomic E-state index is 0.559. The second-order valence-corrected chi connectivity index (χ2v) is 4.50. The third-order valence-corrected chi connectivity index (χ3v) is 3.14. The van der Waals surface area contributed by atoms with Crippen molar-refractivity contribution in [1.82, 2.24) is 20.2 Å². The van der Waals surface area contributed by atoms with Crippen LogP contribution in [0.2, 0.25) is 0 Å². The summed E-state index contributed by atoms with van der Waals surface area (Å²) in [5, 5.41) is 13.3. The predicted molar refractivity (Wildman–Crippen MR) is 71.6 cm³/mol. The molecule has 3 rings (SSSR count). The lowest BCUT2D eigenvalue weighted by Gasteiger charge is -2.03. The minimum absolute atomic E-state index is 0.559. The minimum Gasteiger partial charge on any atom is -0.353 e. The first-order valence-corrected chi connectivity index (χ1v) is 6.56. The Balaban J connectivity index is 1.67. The summed E-state index contributed by atoms with van der Waals surface area (Å²) in [6.45, 7) is 0.754. The summed E-state index contributed by atoms with van der Waals surface area (Å²) >= 11 is 1.61. The number of fused-ring (bicyclic) bond motifs is 1. The van der Waals surface area contributed by atoms with Gasteiger partial charge in [0.05, 0.1) is 16.7 Å². The average Bonchev–Trinajstić information content (AvgIpc) is 2.92. The van der Waals surface area contributed by atoms with Gasteiger partial charge < -0.3 is 5.32 Å². The van der Waals surface area contributed by atoms with Crippen molar-refractivity contribution in [2.24, 2.45) is 0 Å². The van der Waals surface area contributed by atoms with Gasteiger partial charge in [0, 0.05) is 18.3 Å². The molecule has 0 spiro atoms. The lowest BCUT2D eigenvalue weighted by Crippen LogP contribution is -2.08. The van der Waals surface area contributed by atoms with E-state index in [4.69, 9.17) is 0 Å². The molecule has 0 aliphatic rings. The highest BCUT2D eigenvalue weighted by Gasteiger charge is 2.00. The van der Waals surface area contributed by atoms with E-state index >= 15 is 0 Å². The van der Waals surface area contributed by atoms with E-state index in [1.807, 2.05) is 35.2 Å². The van der Waals surface area contributed by atoms with Gasteiger partial charge >= 0.3 is 0 Å². The first-order valence-electron chi connectivity index (χ1n) is 5.62. The normalized spacial score (nSPS) is 10.7. The van der Waals surface area contributed by atoms with Gasteiger partial charge in [0.1, 0.15) is 5.52 Å². The fraction of sp³-hybridized carbons (Fsp3) is 0.167. The van der Waals surface area contributed by atoms with E-state index in [1.165, 1.54) is 0 Å². The lowest BCUT2D eigenvalue weighted by atomic mass is 10.3. The van der Waals surface area contributed by atoms with Crippen LogP contribution in [0.25, 0.3) is 11.0 Å². The maximum atomic E-state index is 4.39. The van der Waals surface area contributed by atoms with E-state index in [9.17, 15) is 0 Å². The van der Waals surface area contributed by atoms with Crippen LogP contribution in [0.3, 0.4) is 0 Å². The molecule has 0 radical (unpaired) electrons. The van der Waals surface area contributed by atoms with Crippen molar-refractivity contribution in [3.63, 3.8) is 0 Å². The number of benzene rings is 1. The van der Waals surface area contributed by atoms with Gasteiger partial charge in [-0.25, -0.2) is 9.97 Å². The molecule has 0 aliphatic carbocycles. The molecule has 1 aromatic carbocycles. The lowest BCUT2D eigenvalue weighted by molar-refractivity contribution is 0.933. The van der Waals surface area contributed by atoms with Crippen LogP contribution < -0.4 is 5.32 Å². The fourth-order valence-electron chi connectivity index (χ4n) is 1.62. The van der Waals surface area contributed by atoms with E-state index in [2.05, 4.69) is 25.5 Å². The van der Waals surface area contributed by atoms with Gasteiger partial charge in [-0.15, -0.1) is 21.5 Å². The van der Waals surface area contributed by atoms with Crippen LogP contribution in [-0.4, -0.2) is 26.7 Å². The summed E-state index contributed by atoms with van der Waals surface area (Å²) in [5.74, 6) is 0.559. The van der Waals surface area contributed by atoms with Crippen molar-refractivity contribution in [3.05, 3.63) is 40.8 Å². The monoisotopic (exact) mass is 257 g/mol. The van der Waals surface area contributed by atoms with Gasteiger partial charge in [0.15, 0.2) is 0 Å². The van der Waals surface area contributed by atoms with Crippen molar-refractivity contribution in [1.29, 1.82) is 0 Å². The Labute approximate surface area is 108 Å². The second kappa shape index (κ2) is 5.05. The van der Waals surface area contributed by atoms with Crippen molar-refractivity contribution < 1.29 is 0 Å². The topological polar surface area (TPSA) is 63.6 Å². The summed E-state index contributed by atoms with van der Waals surface area (Å²) in [5.41, 5.74) is 4.58. The molecular formula is C12H11N5S. The molecule has 3 aromatic rings. The molecule has 18 heavy (non-hydrogen) atoms. The molecule has 0 aliphatic heterocycles. The van der Waals surface area contributed by atoms with E-state index in [1.54, 1.807) is 11.3 Å². The zero-order valence-electron chi connectivity index (χ0n) is 9.58. The first-order chi connectivity index (χ1) is 8.92. The van der Waals surface area contributed by atoms with E-state index in [-0.39, 0.29) is 0 Å². The van der Waals surface area contributed by atoms with Crippen LogP contribution in [0.1, 0.15) is 5.69 Å². The second-order valence-electron chi connectivity index (χ2n) is 3.78. The number of hydrogen-bond acceptors (Lipinski definition) is 6. The smallest absolute Gasteiger partial charge is 0.243 e. The predicted octanol–water partition coefficient (Wildman–Crippen LogP) is 2.14. The zero-order chi connectivity index (χ0) is 12.2. The van der Waals surface area contributed by atoms with E-state index in [0.717, 1.165) is 29.7 Å². The number of nitrogens with zero attached hydrogens (tertiary/aromatic N) is 4. The van der Waals surface area contributed by atoms with Gasteiger partial charge in [-0.05, 0) is 12.1 Å². The Kier molecular flexibility index (Phi) is 3.10. The Morgan fingerprint density at radius 3 is 2.83 bits per heavy atom. The molecule has 5 nitrogen and oxygen atoms in total. The largest absolute Gasteiger partial charge is 0.353 e. The molecule has 2 aromatic heterocycles. The molecule has 0 saturated heterocycles. The molecule has 0 saturated carbocycles. The summed E-state index contributed by atoms with van der Waals surface area (Å²) in [6, 6.07) is 7.69. The Morgan fingerprint density at radius 2 is 2.00 bits per heavy atom. The highest BCUT2D eigenvalue weighted by atomic mass is 32.1. The molecule has 6 heteroatoms. The first kappa shape index (κ1) is 11.0. The van der Waals surface area contributed by atoms with Crippen molar-refractivity contribution in [3.8, 4) is 0 Å². The van der Waals surface area contributed by atoms with Gasteiger partial charge in [0.2, 0.25) is 5.95 Å². The third-order valence-electron chi connectivity index (χ3n) is 2.51. The number of hydrogen-bond donors (Lipinski definition) is 1. The number of aromatic nitrogens is 4. The number of rotatable bonds is 4.